The van der Waals surface area contributed by atoms with E-state index in [0.717, 1.165) is 19.3 Å². The largest absolute Gasteiger partial charge is 0.0952 e. The average Bonchev–Trinajstić information content (AvgIpc) is 3.29. The Hall–Kier alpha value is -2.34. The molecule has 4 rings (SSSR count). The monoisotopic (exact) mass is 410 g/mol. The molecule has 0 N–H and O–H groups in total. The van der Waals surface area contributed by atoms with E-state index in [0.29, 0.717) is 5.41 Å². The summed E-state index contributed by atoms with van der Waals surface area (Å²) in [5.74, 6) is 0. The number of rotatable bonds is 6. The summed E-state index contributed by atoms with van der Waals surface area (Å²) in [5, 5.41) is 0. The summed E-state index contributed by atoms with van der Waals surface area (Å²) in [6.45, 7) is 16.1. The predicted molar refractivity (Wildman–Crippen MR) is 137 cm³/mol. The molecule has 0 atom stereocenters. The maximum absolute atomic E-state index is 4.48. The Morgan fingerprint density at radius 2 is 1.58 bits per heavy atom. The van der Waals surface area contributed by atoms with Crippen LogP contribution in [0.15, 0.2) is 61.2 Å². The van der Waals surface area contributed by atoms with Crippen LogP contribution in [0.2, 0.25) is 0 Å². The van der Waals surface area contributed by atoms with Crippen molar-refractivity contribution in [2.24, 2.45) is 5.41 Å². The Balaban J connectivity index is 1.57. The third kappa shape index (κ3) is 4.10. The summed E-state index contributed by atoms with van der Waals surface area (Å²) in [7, 11) is 0. The Bertz CT molecular complexity index is 1040. The van der Waals surface area contributed by atoms with Crippen molar-refractivity contribution in [3.05, 3.63) is 89.0 Å². The van der Waals surface area contributed by atoms with E-state index in [-0.39, 0.29) is 5.41 Å². The van der Waals surface area contributed by atoms with Crippen LogP contribution in [0.3, 0.4) is 0 Å². The molecule has 0 radical (unpaired) electrons. The van der Waals surface area contributed by atoms with Gasteiger partial charge in [-0.3, -0.25) is 0 Å². The van der Waals surface area contributed by atoms with E-state index in [1.165, 1.54) is 63.8 Å². The molecule has 0 nitrogen and oxygen atoms in total. The quantitative estimate of drug-likeness (QED) is 0.445. The minimum Gasteiger partial charge on any atom is -0.0952 e. The van der Waals surface area contributed by atoms with Gasteiger partial charge < -0.3 is 0 Å². The minimum atomic E-state index is 0.238. The van der Waals surface area contributed by atoms with Crippen LogP contribution in [0.5, 0.6) is 0 Å². The lowest BCUT2D eigenvalue weighted by molar-refractivity contribution is 0.261. The molecule has 0 heteroatoms. The molecule has 0 heterocycles. The van der Waals surface area contributed by atoms with E-state index in [1.807, 2.05) is 0 Å². The standard InChI is InChI=1S/C31H38/c1-7-30(5,6)28-16-14-23(15-17-28)24-10-11-25(18-24)26-12-13-27-21-31(8-2,9-3)20-22(4)29(27)19-26/h10,12-19H,4,7-9,11,20-21H2,1-3,5-6H3. The number of fused-ring (bicyclic) bond motifs is 1. The first-order chi connectivity index (χ1) is 14.8. The molecule has 0 unspecified atom stereocenters. The minimum absolute atomic E-state index is 0.238. The SMILES string of the molecule is C=C1CC(CC)(CC)Cc2ccc(C3=CC(c4ccc(C(C)(C)CC)cc4)=CC3)cc21. The van der Waals surface area contributed by atoms with Crippen LogP contribution in [-0.4, -0.2) is 0 Å². The number of benzene rings is 2. The number of hydrogen-bond acceptors (Lipinski definition) is 0. The second-order valence-electron chi connectivity index (χ2n) is 10.4. The smallest absolute Gasteiger partial charge is 0.00821 e. The van der Waals surface area contributed by atoms with Gasteiger partial charge in [0.1, 0.15) is 0 Å². The first-order valence-electron chi connectivity index (χ1n) is 12.1. The number of hydrogen-bond donors (Lipinski definition) is 0. The van der Waals surface area contributed by atoms with Gasteiger partial charge in [0.25, 0.3) is 0 Å². The lowest BCUT2D eigenvalue weighted by Gasteiger charge is -2.38. The van der Waals surface area contributed by atoms with E-state index in [1.54, 1.807) is 0 Å². The first kappa shape index (κ1) is 21.9. The zero-order chi connectivity index (χ0) is 22.2. The maximum Gasteiger partial charge on any atom is -0.00821 e. The van der Waals surface area contributed by atoms with E-state index < -0.39 is 0 Å². The maximum atomic E-state index is 4.48. The first-order valence-corrected chi connectivity index (χ1v) is 12.1. The molecule has 31 heavy (non-hydrogen) atoms. The van der Waals surface area contributed by atoms with Crippen LogP contribution >= 0.6 is 0 Å². The summed E-state index contributed by atoms with van der Waals surface area (Å²) in [6.07, 6.45) is 11.7. The van der Waals surface area contributed by atoms with Crippen molar-refractivity contribution in [2.75, 3.05) is 0 Å². The van der Waals surface area contributed by atoms with Crippen LogP contribution in [-0.2, 0) is 11.8 Å². The van der Waals surface area contributed by atoms with Crippen molar-refractivity contribution in [3.63, 3.8) is 0 Å². The molecule has 0 amide bonds. The highest BCUT2D eigenvalue weighted by atomic mass is 14.4. The molecular formula is C31H38. The van der Waals surface area contributed by atoms with Crippen LogP contribution in [0.1, 0.15) is 94.5 Å². The molecule has 162 valence electrons. The predicted octanol–water partition coefficient (Wildman–Crippen LogP) is 9.01. The van der Waals surface area contributed by atoms with Gasteiger partial charge in [-0.2, -0.15) is 0 Å². The van der Waals surface area contributed by atoms with E-state index in [4.69, 9.17) is 0 Å². The van der Waals surface area contributed by atoms with Gasteiger partial charge in [0.05, 0.1) is 0 Å². The van der Waals surface area contributed by atoms with Crippen LogP contribution in [0.4, 0.5) is 0 Å². The van der Waals surface area contributed by atoms with Gasteiger partial charge in [0, 0.05) is 0 Å². The van der Waals surface area contributed by atoms with Gasteiger partial charge in [0.2, 0.25) is 0 Å². The molecule has 0 saturated carbocycles. The highest BCUT2D eigenvalue weighted by molar-refractivity contribution is 5.90. The highest BCUT2D eigenvalue weighted by Gasteiger charge is 2.33. The third-order valence-corrected chi connectivity index (χ3v) is 8.27. The van der Waals surface area contributed by atoms with Crippen molar-refractivity contribution < 1.29 is 0 Å². The van der Waals surface area contributed by atoms with E-state index >= 15 is 0 Å². The van der Waals surface area contributed by atoms with Gasteiger partial charge in [-0.05, 0) is 100.0 Å². The molecule has 0 bridgehead atoms. The fourth-order valence-corrected chi connectivity index (χ4v) is 5.27. The van der Waals surface area contributed by atoms with Crippen molar-refractivity contribution in [1.29, 1.82) is 0 Å². The van der Waals surface area contributed by atoms with Crippen LogP contribution < -0.4 is 0 Å². The normalized spacial score (nSPS) is 17.9. The van der Waals surface area contributed by atoms with Crippen molar-refractivity contribution >= 4 is 16.7 Å². The molecule has 0 saturated heterocycles. The molecule has 0 fully saturated rings. The lowest BCUT2D eigenvalue weighted by atomic mass is 9.66. The molecule has 0 aliphatic heterocycles. The highest BCUT2D eigenvalue weighted by Crippen LogP contribution is 2.46. The summed E-state index contributed by atoms with van der Waals surface area (Å²) in [5.41, 5.74) is 11.7. The fraction of sp³-hybridized carbons (Fsp3) is 0.419. The van der Waals surface area contributed by atoms with Crippen molar-refractivity contribution in [2.45, 2.75) is 78.6 Å². The molecular weight excluding hydrogens is 372 g/mol. The van der Waals surface area contributed by atoms with Gasteiger partial charge in [-0.25, -0.2) is 0 Å². The molecule has 0 aromatic heterocycles. The summed E-state index contributed by atoms with van der Waals surface area (Å²) < 4.78 is 0. The third-order valence-electron chi connectivity index (χ3n) is 8.27. The summed E-state index contributed by atoms with van der Waals surface area (Å²) >= 11 is 0. The fourth-order valence-electron chi connectivity index (χ4n) is 5.27. The van der Waals surface area contributed by atoms with Crippen LogP contribution in [0.25, 0.3) is 16.7 Å². The molecule has 0 spiro atoms. The Kier molecular flexibility index (Phi) is 5.86. The van der Waals surface area contributed by atoms with E-state index in [9.17, 15) is 0 Å². The second-order valence-corrected chi connectivity index (χ2v) is 10.4. The second kappa shape index (κ2) is 8.30. The Morgan fingerprint density at radius 1 is 0.903 bits per heavy atom. The molecule has 2 aliphatic carbocycles. The van der Waals surface area contributed by atoms with Crippen molar-refractivity contribution in [3.8, 4) is 0 Å². The van der Waals surface area contributed by atoms with Gasteiger partial charge >= 0.3 is 0 Å². The topological polar surface area (TPSA) is 0 Å². The Labute approximate surface area is 189 Å². The lowest BCUT2D eigenvalue weighted by Crippen LogP contribution is -2.26. The molecule has 2 aromatic carbocycles. The van der Waals surface area contributed by atoms with Gasteiger partial charge in [-0.15, -0.1) is 0 Å². The Morgan fingerprint density at radius 3 is 2.23 bits per heavy atom. The molecule has 2 aromatic rings. The summed E-state index contributed by atoms with van der Waals surface area (Å²) in [6, 6.07) is 16.3. The molecule has 2 aliphatic rings. The zero-order valence-electron chi connectivity index (χ0n) is 20.1. The zero-order valence-corrected chi connectivity index (χ0v) is 20.1. The average molecular weight is 411 g/mol. The van der Waals surface area contributed by atoms with Crippen LogP contribution in [0, 0.1) is 5.41 Å². The summed E-state index contributed by atoms with van der Waals surface area (Å²) in [4.78, 5) is 0. The van der Waals surface area contributed by atoms with Gasteiger partial charge in [0.15, 0.2) is 0 Å². The van der Waals surface area contributed by atoms with Gasteiger partial charge in [-0.1, -0.05) is 89.7 Å². The number of allylic oxidation sites excluding steroid dienone is 5. The van der Waals surface area contributed by atoms with E-state index in [2.05, 4.69) is 95.8 Å². The van der Waals surface area contributed by atoms with Crippen molar-refractivity contribution in [1.82, 2.24) is 0 Å².